The monoisotopic (exact) mass is 131 g/mol. The van der Waals surface area contributed by atoms with Crippen LogP contribution in [-0.2, 0) is 4.74 Å². The maximum Gasteiger partial charge on any atom is 0.167 e. The van der Waals surface area contributed by atoms with Crippen LogP contribution in [-0.4, -0.2) is 25.6 Å². The first-order valence-corrected chi connectivity index (χ1v) is 3.33. The van der Waals surface area contributed by atoms with Gasteiger partial charge in [-0.1, -0.05) is 0 Å². The molecule has 2 unspecified atom stereocenters. The van der Waals surface area contributed by atoms with Gasteiger partial charge in [-0.3, -0.25) is 5.32 Å². The van der Waals surface area contributed by atoms with Gasteiger partial charge in [0.2, 0.25) is 0 Å². The summed E-state index contributed by atoms with van der Waals surface area (Å²) in [7, 11) is 0. The SMILES string of the molecule is FC12CC1COCCN2. The fourth-order valence-corrected chi connectivity index (χ4v) is 1.26. The van der Waals surface area contributed by atoms with Gasteiger partial charge in [-0.2, -0.15) is 0 Å². The van der Waals surface area contributed by atoms with Crippen LogP contribution in [0.2, 0.25) is 0 Å². The number of halogens is 1. The summed E-state index contributed by atoms with van der Waals surface area (Å²) in [6.07, 6.45) is 0.646. The fraction of sp³-hybridized carbons (Fsp3) is 1.00. The van der Waals surface area contributed by atoms with Crippen LogP contribution in [0, 0.1) is 5.92 Å². The van der Waals surface area contributed by atoms with Crippen LogP contribution in [0.15, 0.2) is 0 Å². The van der Waals surface area contributed by atoms with Crippen molar-refractivity contribution in [2.75, 3.05) is 19.8 Å². The molecule has 2 aliphatic rings. The standard InChI is InChI=1S/C6H10FNO/c7-6-3-5(6)4-9-2-1-8-6/h5,8H,1-4H2. The minimum Gasteiger partial charge on any atom is -0.380 e. The molecule has 0 amide bonds. The van der Waals surface area contributed by atoms with Crippen molar-refractivity contribution in [3.05, 3.63) is 0 Å². The molecule has 2 rings (SSSR count). The predicted octanol–water partition coefficient (Wildman–Crippen LogP) is 0.292. The van der Waals surface area contributed by atoms with E-state index in [1.165, 1.54) is 0 Å². The molecule has 2 atom stereocenters. The Morgan fingerprint density at radius 3 is 3.44 bits per heavy atom. The maximum atomic E-state index is 13.0. The summed E-state index contributed by atoms with van der Waals surface area (Å²) in [5.41, 5.74) is 0. The van der Waals surface area contributed by atoms with Gasteiger partial charge >= 0.3 is 0 Å². The Morgan fingerprint density at radius 1 is 1.67 bits per heavy atom. The number of hydrogen-bond acceptors (Lipinski definition) is 2. The topological polar surface area (TPSA) is 21.3 Å². The molecule has 0 spiro atoms. The second kappa shape index (κ2) is 1.67. The normalized spacial score (nSPS) is 49.7. The lowest BCUT2D eigenvalue weighted by Crippen LogP contribution is -2.29. The summed E-state index contributed by atoms with van der Waals surface area (Å²) in [4.78, 5) is 0. The summed E-state index contributed by atoms with van der Waals surface area (Å²) < 4.78 is 18.1. The van der Waals surface area contributed by atoms with Gasteiger partial charge in [0.15, 0.2) is 5.79 Å². The zero-order valence-electron chi connectivity index (χ0n) is 5.19. The fourth-order valence-electron chi connectivity index (χ4n) is 1.26. The van der Waals surface area contributed by atoms with Crippen molar-refractivity contribution in [1.82, 2.24) is 5.32 Å². The molecule has 2 fully saturated rings. The molecule has 1 heterocycles. The number of ether oxygens (including phenoxy) is 1. The lowest BCUT2D eigenvalue weighted by molar-refractivity contribution is 0.135. The zero-order valence-corrected chi connectivity index (χ0v) is 5.19. The van der Waals surface area contributed by atoms with Crippen LogP contribution < -0.4 is 5.32 Å². The number of alkyl halides is 1. The number of fused-ring (bicyclic) bond motifs is 1. The molecule has 0 aromatic carbocycles. The summed E-state index contributed by atoms with van der Waals surface area (Å²) in [5.74, 6) is -0.906. The Bertz CT molecular complexity index is 130. The first kappa shape index (κ1) is 5.62. The van der Waals surface area contributed by atoms with Crippen LogP contribution in [0.1, 0.15) is 6.42 Å². The van der Waals surface area contributed by atoms with Crippen LogP contribution in [0.3, 0.4) is 0 Å². The van der Waals surface area contributed by atoms with Crippen molar-refractivity contribution in [1.29, 1.82) is 0 Å². The van der Waals surface area contributed by atoms with Gasteiger partial charge in [0.25, 0.3) is 0 Å². The van der Waals surface area contributed by atoms with Crippen molar-refractivity contribution in [3.63, 3.8) is 0 Å². The lowest BCUT2D eigenvalue weighted by atomic mass is 10.4. The van der Waals surface area contributed by atoms with Crippen LogP contribution in [0.25, 0.3) is 0 Å². The molecule has 52 valence electrons. The smallest absolute Gasteiger partial charge is 0.167 e. The highest BCUT2D eigenvalue weighted by atomic mass is 19.1. The number of rotatable bonds is 0. The van der Waals surface area contributed by atoms with Crippen molar-refractivity contribution in [2.45, 2.75) is 12.2 Å². The van der Waals surface area contributed by atoms with Crippen molar-refractivity contribution >= 4 is 0 Å². The Kier molecular flexibility index (Phi) is 1.04. The third kappa shape index (κ3) is 0.843. The second-order valence-electron chi connectivity index (χ2n) is 2.77. The van der Waals surface area contributed by atoms with Gasteiger partial charge in [-0.05, 0) is 0 Å². The highest BCUT2D eigenvalue weighted by Gasteiger charge is 2.55. The summed E-state index contributed by atoms with van der Waals surface area (Å²) in [6, 6.07) is 0. The molecule has 0 bridgehead atoms. The highest BCUT2D eigenvalue weighted by molar-refractivity contribution is 5.02. The lowest BCUT2D eigenvalue weighted by Gasteiger charge is -2.03. The molecule has 2 nitrogen and oxygen atoms in total. The molecule has 1 aliphatic heterocycles. The Hall–Kier alpha value is -0.150. The van der Waals surface area contributed by atoms with Gasteiger partial charge in [0, 0.05) is 18.9 Å². The minimum absolute atomic E-state index is 0.139. The Balaban J connectivity index is 2.00. The van der Waals surface area contributed by atoms with E-state index in [9.17, 15) is 4.39 Å². The molecular formula is C6H10FNO. The molecule has 3 heteroatoms. The van der Waals surface area contributed by atoms with Gasteiger partial charge in [-0.25, -0.2) is 4.39 Å². The molecule has 0 aromatic rings. The van der Waals surface area contributed by atoms with Crippen LogP contribution in [0.5, 0.6) is 0 Å². The van der Waals surface area contributed by atoms with Crippen LogP contribution >= 0.6 is 0 Å². The van der Waals surface area contributed by atoms with Crippen LogP contribution in [0.4, 0.5) is 4.39 Å². The van der Waals surface area contributed by atoms with Gasteiger partial charge in [0.05, 0.1) is 13.2 Å². The van der Waals surface area contributed by atoms with E-state index in [0.29, 0.717) is 26.2 Å². The van der Waals surface area contributed by atoms with E-state index in [0.717, 1.165) is 0 Å². The highest BCUT2D eigenvalue weighted by Crippen LogP contribution is 2.45. The van der Waals surface area contributed by atoms with E-state index in [-0.39, 0.29) is 5.92 Å². The summed E-state index contributed by atoms with van der Waals surface area (Å²) >= 11 is 0. The van der Waals surface area contributed by atoms with Crippen molar-refractivity contribution in [3.8, 4) is 0 Å². The molecule has 0 aromatic heterocycles. The molecule has 0 radical (unpaired) electrons. The van der Waals surface area contributed by atoms with Gasteiger partial charge < -0.3 is 4.74 Å². The van der Waals surface area contributed by atoms with E-state index >= 15 is 0 Å². The molecule has 1 aliphatic carbocycles. The molecule has 1 saturated carbocycles. The van der Waals surface area contributed by atoms with E-state index in [1.807, 2.05) is 0 Å². The van der Waals surface area contributed by atoms with Crippen molar-refractivity contribution < 1.29 is 9.13 Å². The Morgan fingerprint density at radius 2 is 2.56 bits per heavy atom. The third-order valence-corrected chi connectivity index (χ3v) is 2.01. The second-order valence-corrected chi connectivity index (χ2v) is 2.77. The van der Waals surface area contributed by atoms with Gasteiger partial charge in [-0.15, -0.1) is 0 Å². The molecule has 9 heavy (non-hydrogen) atoms. The number of hydrogen-bond donors (Lipinski definition) is 1. The number of nitrogens with one attached hydrogen (secondary N) is 1. The minimum atomic E-state index is -1.05. The van der Waals surface area contributed by atoms with E-state index in [4.69, 9.17) is 4.74 Å². The molecule has 1 N–H and O–H groups in total. The third-order valence-electron chi connectivity index (χ3n) is 2.01. The average molecular weight is 131 g/mol. The van der Waals surface area contributed by atoms with E-state index in [2.05, 4.69) is 5.32 Å². The predicted molar refractivity (Wildman–Crippen MR) is 30.8 cm³/mol. The van der Waals surface area contributed by atoms with Crippen molar-refractivity contribution in [2.24, 2.45) is 5.92 Å². The quantitative estimate of drug-likeness (QED) is 0.477. The summed E-state index contributed by atoms with van der Waals surface area (Å²) in [6.45, 7) is 1.92. The average Bonchev–Trinajstić information content (AvgIpc) is 2.40. The van der Waals surface area contributed by atoms with E-state index in [1.54, 1.807) is 0 Å². The maximum absolute atomic E-state index is 13.0. The largest absolute Gasteiger partial charge is 0.380 e. The summed E-state index contributed by atoms with van der Waals surface area (Å²) in [5, 5.41) is 2.80. The van der Waals surface area contributed by atoms with Gasteiger partial charge in [0.1, 0.15) is 0 Å². The van der Waals surface area contributed by atoms with E-state index < -0.39 is 5.79 Å². The molecular weight excluding hydrogens is 121 g/mol. The zero-order chi connectivity index (χ0) is 6.32. The first-order valence-electron chi connectivity index (χ1n) is 3.33. The Labute approximate surface area is 53.4 Å². The molecule has 1 saturated heterocycles. The first-order chi connectivity index (χ1) is 4.31.